The van der Waals surface area contributed by atoms with Gasteiger partial charge in [0.2, 0.25) is 0 Å². The number of piperidine rings is 2. The van der Waals surface area contributed by atoms with Crippen LogP contribution < -0.4 is 5.73 Å². The first-order valence-electron chi connectivity index (χ1n) is 6.78. The maximum absolute atomic E-state index is 6.21. The fraction of sp³-hybridized carbons (Fsp3) is 0.643. The molecule has 2 aliphatic heterocycles. The van der Waals surface area contributed by atoms with Crippen LogP contribution in [0, 0.1) is 5.92 Å². The summed E-state index contributed by atoms with van der Waals surface area (Å²) in [5.74, 6) is 0.848. The molecule has 3 heterocycles. The summed E-state index contributed by atoms with van der Waals surface area (Å²) in [6.45, 7) is 2.75. The van der Waals surface area contributed by atoms with Gasteiger partial charge in [-0.3, -0.25) is 9.88 Å². The molecule has 18 heavy (non-hydrogen) atoms. The highest BCUT2D eigenvalue weighted by molar-refractivity contribution is 6.31. The van der Waals surface area contributed by atoms with Crippen molar-refractivity contribution < 1.29 is 0 Å². The minimum Gasteiger partial charge on any atom is -0.329 e. The predicted molar refractivity (Wildman–Crippen MR) is 73.4 cm³/mol. The van der Waals surface area contributed by atoms with Gasteiger partial charge in [-0.25, -0.2) is 0 Å². The van der Waals surface area contributed by atoms with Crippen LogP contribution in [0.1, 0.15) is 31.4 Å². The van der Waals surface area contributed by atoms with Crippen molar-refractivity contribution in [1.82, 2.24) is 9.88 Å². The summed E-state index contributed by atoms with van der Waals surface area (Å²) in [5.41, 5.74) is 7.25. The number of hydrogen-bond donors (Lipinski definition) is 1. The maximum atomic E-state index is 6.21. The van der Waals surface area contributed by atoms with E-state index in [0.29, 0.717) is 0 Å². The molecule has 1 aromatic rings. The lowest BCUT2D eigenvalue weighted by Crippen LogP contribution is -2.61. The van der Waals surface area contributed by atoms with Crippen LogP contribution in [0.25, 0.3) is 0 Å². The van der Waals surface area contributed by atoms with E-state index in [0.717, 1.165) is 36.3 Å². The number of rotatable bonds is 3. The standard InChI is InChI=1S/C14H20ClN3/c15-12-2-1-7-17-13(12)9-18-8-11-3-5-14(18,10-16)6-4-11/h1-2,7,11H,3-6,8-10,16H2. The van der Waals surface area contributed by atoms with Crippen LogP contribution in [-0.4, -0.2) is 28.5 Å². The summed E-state index contributed by atoms with van der Waals surface area (Å²) in [4.78, 5) is 6.93. The number of hydrogen-bond acceptors (Lipinski definition) is 3. The van der Waals surface area contributed by atoms with Gasteiger partial charge in [-0.2, -0.15) is 0 Å². The monoisotopic (exact) mass is 265 g/mol. The second kappa shape index (κ2) is 4.80. The highest BCUT2D eigenvalue weighted by Gasteiger charge is 2.45. The molecule has 0 radical (unpaired) electrons. The largest absolute Gasteiger partial charge is 0.329 e. The average molecular weight is 266 g/mol. The van der Waals surface area contributed by atoms with Crippen molar-refractivity contribution in [2.24, 2.45) is 11.7 Å². The zero-order valence-electron chi connectivity index (χ0n) is 10.6. The summed E-state index contributed by atoms with van der Waals surface area (Å²) < 4.78 is 0. The molecule has 0 amide bonds. The van der Waals surface area contributed by atoms with Crippen LogP contribution in [0.4, 0.5) is 0 Å². The summed E-state index contributed by atoms with van der Waals surface area (Å²) in [7, 11) is 0. The van der Waals surface area contributed by atoms with Crippen molar-refractivity contribution >= 4 is 11.6 Å². The molecule has 1 aliphatic carbocycles. The molecule has 0 unspecified atom stereocenters. The SMILES string of the molecule is NCC12CCC(CC1)CN2Cc1ncccc1Cl. The second-order valence-electron chi connectivity index (χ2n) is 5.68. The van der Waals surface area contributed by atoms with Crippen LogP contribution in [0.5, 0.6) is 0 Å². The van der Waals surface area contributed by atoms with E-state index < -0.39 is 0 Å². The van der Waals surface area contributed by atoms with Gasteiger partial charge in [0.15, 0.2) is 0 Å². The van der Waals surface area contributed by atoms with Gasteiger partial charge in [0, 0.05) is 31.4 Å². The van der Waals surface area contributed by atoms with Gasteiger partial charge >= 0.3 is 0 Å². The van der Waals surface area contributed by atoms with Crippen molar-refractivity contribution in [1.29, 1.82) is 0 Å². The summed E-state index contributed by atoms with van der Waals surface area (Å²) in [6, 6.07) is 3.80. The van der Waals surface area contributed by atoms with Crippen LogP contribution >= 0.6 is 11.6 Å². The van der Waals surface area contributed by atoms with Crippen LogP contribution in [0.3, 0.4) is 0 Å². The molecule has 1 saturated carbocycles. The molecular weight excluding hydrogens is 246 g/mol. The number of halogens is 1. The molecule has 3 fully saturated rings. The Morgan fingerprint density at radius 2 is 2.22 bits per heavy atom. The number of nitrogens with zero attached hydrogens (tertiary/aromatic N) is 2. The molecular formula is C14H20ClN3. The molecule has 2 bridgehead atoms. The third kappa shape index (κ3) is 2.04. The van der Waals surface area contributed by atoms with Crippen molar-refractivity contribution in [2.45, 2.75) is 37.8 Å². The average Bonchev–Trinajstić information content (AvgIpc) is 2.43. The van der Waals surface area contributed by atoms with Crippen molar-refractivity contribution in [2.75, 3.05) is 13.1 Å². The third-order valence-corrected chi connectivity index (χ3v) is 5.08. The number of fused-ring (bicyclic) bond motifs is 3. The summed E-state index contributed by atoms with van der Waals surface area (Å²) >= 11 is 6.21. The lowest BCUT2D eigenvalue weighted by Gasteiger charge is -2.54. The fourth-order valence-electron chi connectivity index (χ4n) is 3.50. The molecule has 4 heteroatoms. The highest BCUT2D eigenvalue weighted by atomic mass is 35.5. The normalized spacial score (nSPS) is 31.8. The smallest absolute Gasteiger partial charge is 0.0729 e. The van der Waals surface area contributed by atoms with Gasteiger partial charge in [-0.05, 0) is 43.7 Å². The maximum Gasteiger partial charge on any atom is 0.0729 e. The van der Waals surface area contributed by atoms with Gasteiger partial charge in [0.05, 0.1) is 10.7 Å². The predicted octanol–water partition coefficient (Wildman–Crippen LogP) is 2.44. The zero-order chi connectivity index (χ0) is 12.6. The molecule has 0 aromatic carbocycles. The molecule has 0 atom stereocenters. The molecule has 0 spiro atoms. The molecule has 98 valence electrons. The Morgan fingerprint density at radius 1 is 1.44 bits per heavy atom. The number of aromatic nitrogens is 1. The molecule has 3 nitrogen and oxygen atoms in total. The van der Waals surface area contributed by atoms with E-state index in [9.17, 15) is 0 Å². The first-order valence-corrected chi connectivity index (χ1v) is 7.16. The molecule has 2 saturated heterocycles. The Bertz CT molecular complexity index is 427. The lowest BCUT2D eigenvalue weighted by atomic mass is 9.70. The van der Waals surface area contributed by atoms with Crippen LogP contribution in [-0.2, 0) is 6.54 Å². The van der Waals surface area contributed by atoms with Gasteiger partial charge < -0.3 is 5.73 Å². The van der Waals surface area contributed by atoms with Crippen molar-refractivity contribution in [3.8, 4) is 0 Å². The minimum atomic E-state index is 0.204. The van der Waals surface area contributed by atoms with E-state index in [4.69, 9.17) is 17.3 Å². The van der Waals surface area contributed by atoms with E-state index in [-0.39, 0.29) is 5.54 Å². The topological polar surface area (TPSA) is 42.1 Å². The Hall–Kier alpha value is -0.640. The van der Waals surface area contributed by atoms with Gasteiger partial charge in [0.25, 0.3) is 0 Å². The number of nitrogens with two attached hydrogens (primary N) is 1. The fourth-order valence-corrected chi connectivity index (χ4v) is 3.68. The third-order valence-electron chi connectivity index (χ3n) is 4.74. The minimum absolute atomic E-state index is 0.204. The van der Waals surface area contributed by atoms with Gasteiger partial charge in [-0.15, -0.1) is 0 Å². The molecule has 1 aromatic heterocycles. The Kier molecular flexibility index (Phi) is 3.31. The second-order valence-corrected chi connectivity index (χ2v) is 6.09. The van der Waals surface area contributed by atoms with E-state index in [1.54, 1.807) is 0 Å². The van der Waals surface area contributed by atoms with E-state index in [2.05, 4.69) is 9.88 Å². The number of pyridine rings is 1. The van der Waals surface area contributed by atoms with Gasteiger partial charge in [0.1, 0.15) is 0 Å². The first kappa shape index (κ1) is 12.4. The summed E-state index contributed by atoms with van der Waals surface area (Å²) in [6.07, 6.45) is 6.96. The quantitative estimate of drug-likeness (QED) is 0.913. The zero-order valence-corrected chi connectivity index (χ0v) is 11.4. The Labute approximate surface area is 113 Å². The lowest BCUT2D eigenvalue weighted by molar-refractivity contribution is -0.0354. The Balaban J connectivity index is 1.82. The van der Waals surface area contributed by atoms with Crippen molar-refractivity contribution in [3.05, 3.63) is 29.0 Å². The summed E-state index contributed by atoms with van der Waals surface area (Å²) in [5, 5.41) is 0.770. The van der Waals surface area contributed by atoms with E-state index in [1.807, 2.05) is 18.3 Å². The van der Waals surface area contributed by atoms with E-state index in [1.165, 1.54) is 25.7 Å². The van der Waals surface area contributed by atoms with Gasteiger partial charge in [-0.1, -0.05) is 11.6 Å². The Morgan fingerprint density at radius 3 is 2.89 bits per heavy atom. The van der Waals surface area contributed by atoms with Crippen LogP contribution in [0.2, 0.25) is 5.02 Å². The molecule has 2 N–H and O–H groups in total. The first-order chi connectivity index (χ1) is 8.73. The van der Waals surface area contributed by atoms with E-state index >= 15 is 0 Å². The molecule has 3 aliphatic rings. The highest BCUT2D eigenvalue weighted by Crippen LogP contribution is 2.43. The molecule has 4 rings (SSSR count). The van der Waals surface area contributed by atoms with Crippen LogP contribution in [0.15, 0.2) is 18.3 Å². The van der Waals surface area contributed by atoms with Crippen molar-refractivity contribution in [3.63, 3.8) is 0 Å².